The summed E-state index contributed by atoms with van der Waals surface area (Å²) in [5, 5.41) is 4.93. The molecule has 6 heteroatoms. The largest absolute Gasteiger partial charge is 0.461 e. The second kappa shape index (κ2) is 7.43. The van der Waals surface area contributed by atoms with E-state index in [0.29, 0.717) is 23.1 Å². The molecule has 1 amide bonds. The highest BCUT2D eigenvalue weighted by atomic mass is 32.1. The van der Waals surface area contributed by atoms with Gasteiger partial charge in [-0.3, -0.25) is 4.79 Å². The molecule has 1 saturated carbocycles. The molecule has 0 spiro atoms. The molecule has 23 heavy (non-hydrogen) atoms. The Labute approximate surface area is 141 Å². The van der Waals surface area contributed by atoms with Crippen LogP contribution in [0.5, 0.6) is 0 Å². The number of amides is 1. The van der Waals surface area contributed by atoms with Crippen LogP contribution in [-0.2, 0) is 9.53 Å². The van der Waals surface area contributed by atoms with Gasteiger partial charge in [0.15, 0.2) is 10.8 Å². The molecule has 0 aromatic carbocycles. The Morgan fingerprint density at radius 1 is 1.30 bits per heavy atom. The summed E-state index contributed by atoms with van der Waals surface area (Å²) in [6.45, 7) is 8.87. The molecule has 1 aromatic heterocycles. The van der Waals surface area contributed by atoms with Gasteiger partial charge in [0.2, 0.25) is 5.91 Å². The van der Waals surface area contributed by atoms with Gasteiger partial charge in [-0.25, -0.2) is 9.78 Å². The first-order valence-electron chi connectivity index (χ1n) is 8.24. The quantitative estimate of drug-likeness (QED) is 0.839. The van der Waals surface area contributed by atoms with E-state index >= 15 is 0 Å². The van der Waals surface area contributed by atoms with E-state index in [4.69, 9.17) is 4.74 Å². The van der Waals surface area contributed by atoms with Crippen LogP contribution in [0.4, 0.5) is 5.13 Å². The highest BCUT2D eigenvalue weighted by Gasteiger charge is 2.32. The maximum atomic E-state index is 12.4. The van der Waals surface area contributed by atoms with Crippen LogP contribution >= 0.6 is 11.3 Å². The van der Waals surface area contributed by atoms with Crippen molar-refractivity contribution in [1.29, 1.82) is 0 Å². The van der Waals surface area contributed by atoms with Crippen molar-refractivity contribution in [2.75, 3.05) is 11.9 Å². The highest BCUT2D eigenvalue weighted by Crippen LogP contribution is 2.40. The summed E-state index contributed by atoms with van der Waals surface area (Å²) in [4.78, 5) is 28.1. The van der Waals surface area contributed by atoms with Crippen molar-refractivity contribution in [3.8, 4) is 0 Å². The summed E-state index contributed by atoms with van der Waals surface area (Å²) in [5.74, 6) is 0.294. The molecule has 1 fully saturated rings. The number of anilines is 1. The van der Waals surface area contributed by atoms with E-state index in [1.807, 2.05) is 0 Å². The van der Waals surface area contributed by atoms with Gasteiger partial charge in [0.05, 0.1) is 6.61 Å². The van der Waals surface area contributed by atoms with Gasteiger partial charge in [0, 0.05) is 11.3 Å². The first-order chi connectivity index (χ1) is 10.8. The fraction of sp³-hybridized carbons (Fsp3) is 0.706. The molecule has 1 heterocycles. The summed E-state index contributed by atoms with van der Waals surface area (Å²) in [6, 6.07) is 0. The topological polar surface area (TPSA) is 68.3 Å². The molecule has 0 atom stereocenters. The molecule has 0 bridgehead atoms. The number of aromatic nitrogens is 1. The normalized spacial score (nSPS) is 21.7. The van der Waals surface area contributed by atoms with Gasteiger partial charge in [-0.1, -0.05) is 20.8 Å². The number of rotatable bonds is 4. The van der Waals surface area contributed by atoms with Crippen LogP contribution in [0.15, 0.2) is 5.38 Å². The molecule has 0 unspecified atom stereocenters. The van der Waals surface area contributed by atoms with Crippen LogP contribution in [-0.4, -0.2) is 23.5 Å². The van der Waals surface area contributed by atoms with Crippen LogP contribution in [0.1, 0.15) is 63.9 Å². The van der Waals surface area contributed by atoms with Crippen molar-refractivity contribution >= 4 is 28.3 Å². The lowest BCUT2D eigenvalue weighted by atomic mass is 9.70. The Bertz CT molecular complexity index is 554. The third-order valence-electron chi connectivity index (χ3n) is 4.54. The first-order valence-corrected chi connectivity index (χ1v) is 9.12. The summed E-state index contributed by atoms with van der Waals surface area (Å²) in [7, 11) is 0. The number of nitrogens with zero attached hydrogens (tertiary/aromatic N) is 1. The Kier molecular flexibility index (Phi) is 5.79. The number of hydrogen-bond donors (Lipinski definition) is 1. The van der Waals surface area contributed by atoms with Crippen LogP contribution in [0.25, 0.3) is 0 Å². The van der Waals surface area contributed by atoms with Gasteiger partial charge < -0.3 is 10.1 Å². The molecular formula is C17H26N2O3S. The lowest BCUT2D eigenvalue weighted by Gasteiger charge is -2.36. The standard InChI is InChI=1S/C17H26N2O3S/c1-5-22-15(21)13-10-23-16(18-13)19-14(20)11-6-8-12(9-7-11)17(2,3)4/h10-12H,5-9H2,1-4H3,(H,18,19,20). The van der Waals surface area contributed by atoms with Gasteiger partial charge >= 0.3 is 5.97 Å². The number of esters is 1. The molecule has 0 aliphatic heterocycles. The molecule has 0 radical (unpaired) electrons. The van der Waals surface area contributed by atoms with Crippen molar-refractivity contribution in [2.45, 2.75) is 53.4 Å². The van der Waals surface area contributed by atoms with Crippen molar-refractivity contribution in [2.24, 2.45) is 17.3 Å². The molecule has 1 aliphatic rings. The van der Waals surface area contributed by atoms with Crippen LogP contribution < -0.4 is 5.32 Å². The van der Waals surface area contributed by atoms with E-state index in [0.717, 1.165) is 25.7 Å². The molecule has 1 aliphatic carbocycles. The van der Waals surface area contributed by atoms with Crippen molar-refractivity contribution in [3.63, 3.8) is 0 Å². The number of nitrogens with one attached hydrogen (secondary N) is 1. The summed E-state index contributed by atoms with van der Waals surface area (Å²) < 4.78 is 4.90. The highest BCUT2D eigenvalue weighted by molar-refractivity contribution is 7.14. The number of thiazole rings is 1. The van der Waals surface area contributed by atoms with E-state index in [-0.39, 0.29) is 17.5 Å². The summed E-state index contributed by atoms with van der Waals surface area (Å²) >= 11 is 1.26. The molecular weight excluding hydrogens is 312 g/mol. The summed E-state index contributed by atoms with van der Waals surface area (Å²) in [5.41, 5.74) is 0.564. The Morgan fingerprint density at radius 3 is 2.52 bits per heavy atom. The average molecular weight is 338 g/mol. The molecule has 0 saturated heterocycles. The Morgan fingerprint density at radius 2 is 1.96 bits per heavy atom. The van der Waals surface area contributed by atoms with E-state index in [1.165, 1.54) is 11.3 Å². The molecule has 2 rings (SSSR count). The van der Waals surface area contributed by atoms with Crippen LogP contribution in [0.2, 0.25) is 0 Å². The zero-order valence-electron chi connectivity index (χ0n) is 14.3. The Balaban J connectivity index is 1.87. The maximum Gasteiger partial charge on any atom is 0.357 e. The number of carbonyl (C=O) groups is 2. The SMILES string of the molecule is CCOC(=O)c1csc(NC(=O)C2CCC(C(C)(C)C)CC2)n1. The molecule has 128 valence electrons. The second-order valence-corrected chi connectivity index (χ2v) is 8.02. The van der Waals surface area contributed by atoms with E-state index in [2.05, 4.69) is 31.1 Å². The molecule has 5 nitrogen and oxygen atoms in total. The van der Waals surface area contributed by atoms with Gasteiger partial charge in [-0.05, 0) is 43.9 Å². The van der Waals surface area contributed by atoms with Crippen molar-refractivity contribution in [3.05, 3.63) is 11.1 Å². The molecule has 1 aromatic rings. The summed E-state index contributed by atoms with van der Waals surface area (Å²) in [6.07, 6.45) is 4.02. The zero-order chi connectivity index (χ0) is 17.0. The average Bonchev–Trinajstić information content (AvgIpc) is 2.95. The van der Waals surface area contributed by atoms with E-state index < -0.39 is 5.97 Å². The number of ether oxygens (including phenoxy) is 1. The molecule has 1 N–H and O–H groups in total. The number of hydrogen-bond acceptors (Lipinski definition) is 5. The fourth-order valence-corrected chi connectivity index (χ4v) is 3.74. The van der Waals surface area contributed by atoms with Crippen molar-refractivity contribution < 1.29 is 14.3 Å². The van der Waals surface area contributed by atoms with Gasteiger partial charge in [0.1, 0.15) is 0 Å². The monoisotopic (exact) mass is 338 g/mol. The minimum absolute atomic E-state index is 0.0159. The predicted octanol–water partition coefficient (Wildman–Crippen LogP) is 4.11. The smallest absolute Gasteiger partial charge is 0.357 e. The van der Waals surface area contributed by atoms with Gasteiger partial charge in [-0.2, -0.15) is 0 Å². The Hall–Kier alpha value is -1.43. The van der Waals surface area contributed by atoms with Gasteiger partial charge in [0.25, 0.3) is 0 Å². The minimum Gasteiger partial charge on any atom is -0.461 e. The first kappa shape index (κ1) is 17.9. The maximum absolute atomic E-state index is 12.4. The van der Waals surface area contributed by atoms with E-state index in [9.17, 15) is 9.59 Å². The third kappa shape index (κ3) is 4.77. The van der Waals surface area contributed by atoms with Crippen LogP contribution in [0, 0.1) is 17.3 Å². The zero-order valence-corrected chi connectivity index (χ0v) is 15.2. The lowest BCUT2D eigenvalue weighted by Crippen LogP contribution is -2.31. The third-order valence-corrected chi connectivity index (χ3v) is 5.30. The van der Waals surface area contributed by atoms with E-state index in [1.54, 1.807) is 12.3 Å². The second-order valence-electron chi connectivity index (χ2n) is 7.16. The minimum atomic E-state index is -0.449. The van der Waals surface area contributed by atoms with Crippen molar-refractivity contribution in [1.82, 2.24) is 4.98 Å². The van der Waals surface area contributed by atoms with Gasteiger partial charge in [-0.15, -0.1) is 11.3 Å². The predicted molar refractivity (Wildman–Crippen MR) is 91.6 cm³/mol. The van der Waals surface area contributed by atoms with Crippen LogP contribution in [0.3, 0.4) is 0 Å². The fourth-order valence-electron chi connectivity index (χ4n) is 3.06. The number of carbonyl (C=O) groups excluding carboxylic acids is 2. The lowest BCUT2D eigenvalue weighted by molar-refractivity contribution is -0.121.